The Hall–Kier alpha value is -3.55. The number of nitrogens with zero attached hydrogens (tertiary/aromatic N) is 5. The van der Waals surface area contributed by atoms with Crippen molar-refractivity contribution in [2.75, 3.05) is 39.3 Å². The summed E-state index contributed by atoms with van der Waals surface area (Å²) in [7, 11) is 0. The fraction of sp³-hybridized carbons (Fsp3) is 0.423. The van der Waals surface area contributed by atoms with E-state index in [1.165, 1.54) is 6.42 Å². The van der Waals surface area contributed by atoms with Gasteiger partial charge in [-0.15, -0.1) is 0 Å². The van der Waals surface area contributed by atoms with Crippen molar-refractivity contribution in [2.24, 2.45) is 0 Å². The van der Waals surface area contributed by atoms with Gasteiger partial charge in [0.15, 0.2) is 0 Å². The van der Waals surface area contributed by atoms with Crippen molar-refractivity contribution in [3.8, 4) is 5.75 Å². The summed E-state index contributed by atoms with van der Waals surface area (Å²) in [5.74, 6) is 0.486. The van der Waals surface area contributed by atoms with Crippen LogP contribution in [0.5, 0.6) is 5.75 Å². The fourth-order valence-corrected chi connectivity index (χ4v) is 4.75. The summed E-state index contributed by atoms with van der Waals surface area (Å²) in [5, 5.41) is 0. The average molecular weight is 462 g/mol. The quantitative estimate of drug-likeness (QED) is 0.596. The van der Waals surface area contributed by atoms with Crippen LogP contribution in [0.25, 0.3) is 5.65 Å². The van der Waals surface area contributed by atoms with E-state index in [0.717, 1.165) is 42.8 Å². The zero-order chi connectivity index (χ0) is 23.5. The second-order valence-electron chi connectivity index (χ2n) is 9.05. The Morgan fingerprint density at radius 2 is 1.59 bits per heavy atom. The second kappa shape index (κ2) is 9.75. The molecule has 8 nitrogen and oxygen atoms in total. The van der Waals surface area contributed by atoms with E-state index >= 15 is 0 Å². The minimum Gasteiger partial charge on any atom is -0.486 e. The molecule has 34 heavy (non-hydrogen) atoms. The first kappa shape index (κ1) is 22.3. The first-order chi connectivity index (χ1) is 16.6. The van der Waals surface area contributed by atoms with Gasteiger partial charge in [0.2, 0.25) is 0 Å². The third-order valence-corrected chi connectivity index (χ3v) is 6.68. The predicted molar refractivity (Wildman–Crippen MR) is 129 cm³/mol. The molecule has 0 N–H and O–H groups in total. The first-order valence-electron chi connectivity index (χ1n) is 12.1. The number of benzene rings is 1. The number of aromatic nitrogens is 2. The summed E-state index contributed by atoms with van der Waals surface area (Å²) in [5.41, 5.74) is 3.35. The summed E-state index contributed by atoms with van der Waals surface area (Å²) < 4.78 is 8.03. The van der Waals surface area contributed by atoms with Crippen LogP contribution in [0.2, 0.25) is 0 Å². The molecule has 2 aromatic heterocycles. The Balaban J connectivity index is 1.22. The number of fused-ring (bicyclic) bond motifs is 1. The van der Waals surface area contributed by atoms with Crippen molar-refractivity contribution in [3.05, 3.63) is 65.6 Å². The molecule has 1 aromatic carbocycles. The molecule has 0 saturated carbocycles. The summed E-state index contributed by atoms with van der Waals surface area (Å²) in [4.78, 5) is 36.4. The van der Waals surface area contributed by atoms with E-state index in [9.17, 15) is 9.59 Å². The van der Waals surface area contributed by atoms with E-state index in [0.29, 0.717) is 37.5 Å². The number of carbonyl (C=O) groups excluding carboxylic acids is 2. The molecule has 2 saturated heterocycles. The van der Waals surface area contributed by atoms with Crippen LogP contribution in [0.4, 0.5) is 4.79 Å². The van der Waals surface area contributed by atoms with Gasteiger partial charge >= 0.3 is 6.03 Å². The predicted octanol–water partition coefficient (Wildman–Crippen LogP) is 3.59. The Kier molecular flexibility index (Phi) is 6.38. The molecule has 2 aliphatic heterocycles. The molecule has 0 unspecified atom stereocenters. The highest BCUT2D eigenvalue weighted by Gasteiger charge is 2.29. The highest BCUT2D eigenvalue weighted by molar-refractivity contribution is 5.97. The van der Waals surface area contributed by atoms with E-state index < -0.39 is 0 Å². The van der Waals surface area contributed by atoms with Crippen LogP contribution in [-0.4, -0.2) is 75.3 Å². The van der Waals surface area contributed by atoms with E-state index in [-0.39, 0.29) is 18.5 Å². The molecular formula is C26H31N5O3. The normalized spacial score (nSPS) is 16.7. The lowest BCUT2D eigenvalue weighted by atomic mass is 10.1. The number of piperidine rings is 1. The number of para-hydroxylation sites is 1. The topological polar surface area (TPSA) is 70.4 Å². The van der Waals surface area contributed by atoms with Gasteiger partial charge in [-0.1, -0.05) is 18.2 Å². The molecule has 178 valence electrons. The number of carbonyl (C=O) groups is 2. The summed E-state index contributed by atoms with van der Waals surface area (Å²) in [6.45, 7) is 6.17. The second-order valence-corrected chi connectivity index (χ2v) is 9.05. The fourth-order valence-electron chi connectivity index (χ4n) is 4.75. The van der Waals surface area contributed by atoms with E-state index in [1.807, 2.05) is 68.7 Å². The van der Waals surface area contributed by atoms with Crippen molar-refractivity contribution in [1.29, 1.82) is 0 Å². The molecule has 0 radical (unpaired) electrons. The van der Waals surface area contributed by atoms with Crippen molar-refractivity contribution in [2.45, 2.75) is 32.8 Å². The van der Waals surface area contributed by atoms with Crippen LogP contribution in [0.15, 0.2) is 48.8 Å². The Morgan fingerprint density at radius 1 is 0.882 bits per heavy atom. The van der Waals surface area contributed by atoms with Crippen molar-refractivity contribution >= 4 is 17.6 Å². The molecule has 8 heteroatoms. The van der Waals surface area contributed by atoms with Gasteiger partial charge in [0.25, 0.3) is 5.91 Å². The molecule has 3 aromatic rings. The molecule has 0 aliphatic carbocycles. The van der Waals surface area contributed by atoms with Gasteiger partial charge in [0.05, 0.1) is 11.3 Å². The third-order valence-electron chi connectivity index (χ3n) is 6.68. The van der Waals surface area contributed by atoms with Crippen molar-refractivity contribution in [1.82, 2.24) is 24.1 Å². The highest BCUT2D eigenvalue weighted by Crippen LogP contribution is 2.23. The standard InChI is InChI=1S/C26H31N5O3/c1-20-8-7-13-31-18-21(27-24(20)31)19-34-23-10-4-3-9-22(23)25(32)28-14-16-30(17-15-28)26(33)29-11-5-2-6-12-29/h3-4,7-10,13,18H,2,5-6,11-12,14-17,19H2,1H3. The van der Waals surface area contributed by atoms with Crippen LogP contribution in [0.1, 0.15) is 40.9 Å². The maximum atomic E-state index is 13.3. The zero-order valence-electron chi connectivity index (χ0n) is 19.7. The SMILES string of the molecule is Cc1cccn2cc(COc3ccccc3C(=O)N3CCN(C(=O)N4CCCCC4)CC3)nc12. The largest absolute Gasteiger partial charge is 0.486 e. The molecule has 2 fully saturated rings. The smallest absolute Gasteiger partial charge is 0.320 e. The number of rotatable bonds is 4. The lowest BCUT2D eigenvalue weighted by Crippen LogP contribution is -2.54. The van der Waals surface area contributed by atoms with Crippen molar-refractivity contribution < 1.29 is 14.3 Å². The van der Waals surface area contributed by atoms with Gasteiger partial charge in [-0.3, -0.25) is 4.79 Å². The highest BCUT2D eigenvalue weighted by atomic mass is 16.5. The molecule has 0 spiro atoms. The lowest BCUT2D eigenvalue weighted by Gasteiger charge is -2.38. The Bertz CT molecular complexity index is 1180. The number of amides is 3. The maximum Gasteiger partial charge on any atom is 0.320 e. The van der Waals surface area contributed by atoms with Gasteiger partial charge in [-0.2, -0.15) is 0 Å². The Labute approximate surface area is 199 Å². The number of aryl methyl sites for hydroxylation is 1. The van der Waals surface area contributed by atoms with Gasteiger partial charge < -0.3 is 23.8 Å². The number of hydrogen-bond acceptors (Lipinski definition) is 4. The number of urea groups is 1. The van der Waals surface area contributed by atoms with Crippen LogP contribution in [0, 0.1) is 6.92 Å². The van der Waals surface area contributed by atoms with Crippen LogP contribution in [-0.2, 0) is 6.61 Å². The molecule has 5 rings (SSSR count). The zero-order valence-corrected chi connectivity index (χ0v) is 19.7. The minimum atomic E-state index is -0.0634. The van der Waals surface area contributed by atoms with Gasteiger partial charge in [-0.05, 0) is 49.9 Å². The first-order valence-corrected chi connectivity index (χ1v) is 12.1. The average Bonchev–Trinajstić information content (AvgIpc) is 3.32. The molecule has 3 amide bonds. The van der Waals surface area contributed by atoms with E-state index in [1.54, 1.807) is 6.07 Å². The lowest BCUT2D eigenvalue weighted by molar-refractivity contribution is 0.0628. The Morgan fingerprint density at radius 3 is 2.35 bits per heavy atom. The summed E-state index contributed by atoms with van der Waals surface area (Å²) in [6.07, 6.45) is 7.27. The maximum absolute atomic E-state index is 13.3. The number of pyridine rings is 1. The van der Waals surface area contributed by atoms with Gasteiger partial charge in [0, 0.05) is 51.7 Å². The molecular weight excluding hydrogens is 430 g/mol. The minimum absolute atomic E-state index is 0.0634. The number of likely N-dealkylation sites (tertiary alicyclic amines) is 1. The van der Waals surface area contributed by atoms with Crippen LogP contribution in [0.3, 0.4) is 0 Å². The number of imidazole rings is 1. The van der Waals surface area contributed by atoms with E-state index in [4.69, 9.17) is 4.74 Å². The summed E-state index contributed by atoms with van der Waals surface area (Å²) >= 11 is 0. The molecule has 4 heterocycles. The van der Waals surface area contributed by atoms with Crippen LogP contribution < -0.4 is 4.74 Å². The number of hydrogen-bond donors (Lipinski definition) is 0. The molecule has 0 bridgehead atoms. The third kappa shape index (κ3) is 4.58. The van der Waals surface area contributed by atoms with Crippen LogP contribution >= 0.6 is 0 Å². The summed E-state index contributed by atoms with van der Waals surface area (Å²) in [6, 6.07) is 11.5. The number of ether oxygens (including phenoxy) is 1. The monoisotopic (exact) mass is 461 g/mol. The molecule has 2 aliphatic rings. The van der Waals surface area contributed by atoms with Gasteiger partial charge in [-0.25, -0.2) is 9.78 Å². The molecule has 0 atom stereocenters. The number of piperazine rings is 1. The van der Waals surface area contributed by atoms with Gasteiger partial charge in [0.1, 0.15) is 18.0 Å². The van der Waals surface area contributed by atoms with E-state index in [2.05, 4.69) is 4.98 Å². The van der Waals surface area contributed by atoms with Crippen molar-refractivity contribution in [3.63, 3.8) is 0 Å².